The fraction of sp³-hybridized carbons (Fsp3) is 0. The van der Waals surface area contributed by atoms with Gasteiger partial charge in [0.1, 0.15) is 0 Å². The van der Waals surface area contributed by atoms with Crippen LogP contribution in [0.4, 0.5) is 17.1 Å². The van der Waals surface area contributed by atoms with Crippen molar-refractivity contribution in [2.45, 2.75) is 0 Å². The normalized spacial score (nSPS) is 11.7. The first kappa shape index (κ1) is 27.9. The van der Waals surface area contributed by atoms with Crippen LogP contribution >= 0.6 is 11.3 Å². The molecule has 0 aliphatic rings. The van der Waals surface area contributed by atoms with Gasteiger partial charge in [0.05, 0.1) is 11.0 Å². The molecule has 49 heavy (non-hydrogen) atoms. The minimum absolute atomic E-state index is 1.13. The monoisotopic (exact) mass is 642 g/mol. The van der Waals surface area contributed by atoms with Crippen molar-refractivity contribution in [1.82, 2.24) is 4.57 Å². The fourth-order valence-corrected chi connectivity index (χ4v) is 8.62. The van der Waals surface area contributed by atoms with Crippen LogP contribution in [0.3, 0.4) is 0 Å². The Morgan fingerprint density at radius 1 is 0.388 bits per heavy atom. The highest BCUT2D eigenvalue weighted by molar-refractivity contribution is 7.25. The van der Waals surface area contributed by atoms with Crippen LogP contribution in [0.25, 0.3) is 69.6 Å². The first-order chi connectivity index (χ1) is 24.3. The Kier molecular flexibility index (Phi) is 6.39. The van der Waals surface area contributed by atoms with E-state index in [4.69, 9.17) is 0 Å². The highest BCUT2D eigenvalue weighted by Crippen LogP contribution is 2.42. The van der Waals surface area contributed by atoms with Gasteiger partial charge >= 0.3 is 0 Å². The van der Waals surface area contributed by atoms with Gasteiger partial charge in [0.15, 0.2) is 0 Å². The molecule has 0 spiro atoms. The highest BCUT2D eigenvalue weighted by atomic mass is 32.1. The van der Waals surface area contributed by atoms with Gasteiger partial charge in [0, 0.05) is 59.1 Å². The van der Waals surface area contributed by atoms with Gasteiger partial charge < -0.3 is 9.47 Å². The number of para-hydroxylation sites is 2. The van der Waals surface area contributed by atoms with Crippen LogP contribution < -0.4 is 4.90 Å². The average Bonchev–Trinajstić information content (AvgIpc) is 3.71. The second kappa shape index (κ2) is 11.2. The molecule has 0 N–H and O–H groups in total. The third-order valence-electron chi connectivity index (χ3n) is 9.76. The van der Waals surface area contributed by atoms with Gasteiger partial charge in [-0.25, -0.2) is 0 Å². The largest absolute Gasteiger partial charge is 0.310 e. The summed E-state index contributed by atoms with van der Waals surface area (Å²) in [4.78, 5) is 2.36. The zero-order chi connectivity index (χ0) is 32.3. The molecule has 0 unspecified atom stereocenters. The SMILES string of the molecule is c1ccc(N(c2ccc(-c3ccc4c5ccc6ccccc6c5n(-c5ccccc5)c4c3)cc2)c2ccc3c(c2)sc2ccccc23)cc1. The number of thiophene rings is 1. The fourth-order valence-electron chi connectivity index (χ4n) is 7.48. The quantitative estimate of drug-likeness (QED) is 0.181. The maximum absolute atomic E-state index is 2.44. The molecule has 2 aromatic heterocycles. The van der Waals surface area contributed by atoms with Gasteiger partial charge in [-0.05, 0) is 77.2 Å². The van der Waals surface area contributed by atoms with Crippen molar-refractivity contribution >= 4 is 81.1 Å². The lowest BCUT2D eigenvalue weighted by molar-refractivity contribution is 1.19. The molecule has 0 amide bonds. The Hall–Kier alpha value is -6.16. The van der Waals surface area contributed by atoms with Gasteiger partial charge in [-0.2, -0.15) is 0 Å². The summed E-state index contributed by atoms with van der Waals surface area (Å²) in [5.74, 6) is 0. The lowest BCUT2D eigenvalue weighted by Crippen LogP contribution is -2.09. The van der Waals surface area contributed by atoms with E-state index in [1.54, 1.807) is 0 Å². The molecule has 2 nitrogen and oxygen atoms in total. The van der Waals surface area contributed by atoms with Crippen molar-refractivity contribution in [3.63, 3.8) is 0 Å². The van der Waals surface area contributed by atoms with Crippen LogP contribution in [0.1, 0.15) is 0 Å². The molecule has 0 bridgehead atoms. The summed E-state index contributed by atoms with van der Waals surface area (Å²) in [5, 5.41) is 7.68. The van der Waals surface area contributed by atoms with Crippen LogP contribution in [0.15, 0.2) is 182 Å². The highest BCUT2D eigenvalue weighted by Gasteiger charge is 2.17. The lowest BCUT2D eigenvalue weighted by Gasteiger charge is -2.25. The first-order valence-electron chi connectivity index (χ1n) is 16.7. The maximum atomic E-state index is 2.44. The summed E-state index contributed by atoms with van der Waals surface area (Å²) in [7, 11) is 0. The molecule has 10 rings (SSSR count). The maximum Gasteiger partial charge on any atom is 0.0619 e. The molecular weight excluding hydrogens is 613 g/mol. The van der Waals surface area contributed by atoms with E-state index in [-0.39, 0.29) is 0 Å². The third-order valence-corrected chi connectivity index (χ3v) is 10.9. The first-order valence-corrected chi connectivity index (χ1v) is 17.5. The number of anilines is 3. The van der Waals surface area contributed by atoms with Crippen LogP contribution in [0, 0.1) is 0 Å². The third kappa shape index (κ3) is 4.55. The van der Waals surface area contributed by atoms with Crippen LogP contribution in [-0.4, -0.2) is 4.57 Å². The number of benzene rings is 8. The van der Waals surface area contributed by atoms with E-state index in [0.29, 0.717) is 0 Å². The number of nitrogens with zero attached hydrogens (tertiary/aromatic N) is 2. The molecule has 0 fully saturated rings. The second-order valence-electron chi connectivity index (χ2n) is 12.6. The van der Waals surface area contributed by atoms with Gasteiger partial charge in [-0.15, -0.1) is 11.3 Å². The van der Waals surface area contributed by atoms with Gasteiger partial charge in [0.2, 0.25) is 0 Å². The van der Waals surface area contributed by atoms with Crippen molar-refractivity contribution in [2.75, 3.05) is 4.90 Å². The summed E-state index contributed by atoms with van der Waals surface area (Å²) in [5.41, 5.74) is 9.43. The Labute approximate surface area is 288 Å². The van der Waals surface area contributed by atoms with Crippen molar-refractivity contribution in [2.24, 2.45) is 0 Å². The van der Waals surface area contributed by atoms with Crippen molar-refractivity contribution < 1.29 is 0 Å². The Morgan fingerprint density at radius 3 is 1.84 bits per heavy atom. The Balaban J connectivity index is 1.11. The molecule has 3 heteroatoms. The number of aromatic nitrogens is 1. The molecule has 230 valence electrons. The molecule has 0 saturated heterocycles. The van der Waals surface area contributed by atoms with E-state index in [9.17, 15) is 0 Å². The van der Waals surface area contributed by atoms with E-state index in [1.165, 1.54) is 69.6 Å². The molecule has 10 aromatic rings. The number of rotatable bonds is 5. The molecule has 0 aliphatic carbocycles. The Morgan fingerprint density at radius 2 is 1.00 bits per heavy atom. The second-order valence-corrected chi connectivity index (χ2v) is 13.7. The van der Waals surface area contributed by atoms with Gasteiger partial charge in [0.25, 0.3) is 0 Å². The van der Waals surface area contributed by atoms with Crippen LogP contribution in [-0.2, 0) is 0 Å². The predicted molar refractivity (Wildman–Crippen MR) is 211 cm³/mol. The summed E-state index contributed by atoms with van der Waals surface area (Å²) in [6, 6.07) is 66.1. The van der Waals surface area contributed by atoms with E-state index in [0.717, 1.165) is 17.1 Å². The average molecular weight is 643 g/mol. The lowest BCUT2D eigenvalue weighted by atomic mass is 10.0. The predicted octanol–water partition coefficient (Wildman–Crippen LogP) is 13.4. The van der Waals surface area contributed by atoms with Gasteiger partial charge in [-0.3, -0.25) is 0 Å². The van der Waals surface area contributed by atoms with E-state index < -0.39 is 0 Å². The molecule has 2 heterocycles. The number of fused-ring (bicyclic) bond motifs is 8. The zero-order valence-electron chi connectivity index (χ0n) is 26.6. The molecule has 0 saturated carbocycles. The zero-order valence-corrected chi connectivity index (χ0v) is 27.4. The van der Waals surface area contributed by atoms with E-state index >= 15 is 0 Å². The molecule has 0 atom stereocenters. The van der Waals surface area contributed by atoms with Gasteiger partial charge in [-0.1, -0.05) is 121 Å². The molecule has 0 radical (unpaired) electrons. The van der Waals surface area contributed by atoms with Crippen molar-refractivity contribution in [3.05, 3.63) is 182 Å². The minimum atomic E-state index is 1.13. The number of hydrogen-bond donors (Lipinski definition) is 0. The number of hydrogen-bond acceptors (Lipinski definition) is 2. The van der Waals surface area contributed by atoms with Crippen molar-refractivity contribution in [1.29, 1.82) is 0 Å². The summed E-state index contributed by atoms with van der Waals surface area (Å²) in [6.45, 7) is 0. The smallest absolute Gasteiger partial charge is 0.0619 e. The van der Waals surface area contributed by atoms with Crippen LogP contribution in [0.2, 0.25) is 0 Å². The van der Waals surface area contributed by atoms with E-state index in [1.807, 2.05) is 11.3 Å². The van der Waals surface area contributed by atoms with Crippen LogP contribution in [0.5, 0.6) is 0 Å². The topological polar surface area (TPSA) is 8.17 Å². The summed E-state index contributed by atoms with van der Waals surface area (Å²) in [6.07, 6.45) is 0. The van der Waals surface area contributed by atoms with E-state index in [2.05, 4.69) is 191 Å². The molecular formula is C46H30N2S. The molecule has 0 aliphatic heterocycles. The minimum Gasteiger partial charge on any atom is -0.310 e. The Bertz CT molecular complexity index is 2810. The summed E-state index contributed by atoms with van der Waals surface area (Å²) < 4.78 is 5.06. The summed E-state index contributed by atoms with van der Waals surface area (Å²) >= 11 is 1.86. The molecule has 8 aromatic carbocycles. The standard InChI is InChI=1S/C46H30N2S/c1-3-12-34(13-4-1)47(37-25-28-41-40-17-9-10-18-44(40)49-45(41)30-37)36-23-19-31(20-24-36)33-22-26-39-42-27-21-32-11-7-8-16-38(32)46(42)48(43(39)29-33)35-14-5-2-6-15-35/h1-30H. The van der Waals surface area contributed by atoms with Crippen molar-refractivity contribution in [3.8, 4) is 16.8 Å².